The highest BCUT2D eigenvalue weighted by Crippen LogP contribution is 2.71. The van der Waals surface area contributed by atoms with Crippen molar-refractivity contribution in [3.8, 4) is 0 Å². The van der Waals surface area contributed by atoms with Gasteiger partial charge >= 0.3 is 11.9 Å². The van der Waals surface area contributed by atoms with Crippen molar-refractivity contribution in [1.82, 2.24) is 0 Å². The molecule has 8 fully saturated rings. The first-order valence-corrected chi connectivity index (χ1v) is 40.2. The van der Waals surface area contributed by atoms with Gasteiger partial charge in [0.1, 0.15) is 23.4 Å². The summed E-state index contributed by atoms with van der Waals surface area (Å²) in [5, 5.41) is 50.1. The van der Waals surface area contributed by atoms with Crippen LogP contribution in [0.1, 0.15) is 211 Å². The van der Waals surface area contributed by atoms with Crippen molar-refractivity contribution >= 4 is 11.9 Å². The van der Waals surface area contributed by atoms with E-state index in [4.69, 9.17) is 18.9 Å². The van der Waals surface area contributed by atoms with Crippen molar-refractivity contribution in [3.05, 3.63) is 251 Å². The smallest absolute Gasteiger partial charge is 0.338 e. The molecule has 0 saturated heterocycles. The molecule has 8 aliphatic rings. The number of benzene rings is 7. The van der Waals surface area contributed by atoms with Crippen LogP contribution in [0.25, 0.3) is 0 Å². The van der Waals surface area contributed by atoms with E-state index in [1.165, 1.54) is 0 Å². The molecule has 0 spiro atoms. The first-order valence-electron chi connectivity index (χ1n) is 40.2. The minimum atomic E-state index is -0.767. The lowest BCUT2D eigenvalue weighted by Gasteiger charge is -2.63. The monoisotopic (exact) mass is 1400 g/mol. The van der Waals surface area contributed by atoms with Crippen LogP contribution in [0.15, 0.2) is 206 Å². The van der Waals surface area contributed by atoms with Gasteiger partial charge in [0.25, 0.3) is 0 Å². The second-order valence-electron chi connectivity index (χ2n) is 34.9. The van der Waals surface area contributed by atoms with Gasteiger partial charge in [-0.15, -0.1) is 0 Å². The lowest BCUT2D eigenvalue weighted by molar-refractivity contribution is -0.207. The summed E-state index contributed by atoms with van der Waals surface area (Å²) in [5.41, 5.74) is 4.85. The number of hydrogen-bond donors (Lipinski definition) is 4. The molecule has 15 rings (SSSR count). The van der Waals surface area contributed by atoms with Crippen LogP contribution in [0.2, 0.25) is 0 Å². The highest BCUT2D eigenvalue weighted by molar-refractivity contribution is 5.95. The number of carbonyl (C=O) groups excluding carboxylic acids is 2. The molecule has 0 radical (unpaired) electrons. The fourth-order valence-electron chi connectivity index (χ4n) is 24.9. The molecule has 550 valence electrons. The van der Waals surface area contributed by atoms with Gasteiger partial charge in [-0.05, 0) is 260 Å². The van der Waals surface area contributed by atoms with Crippen LogP contribution < -0.4 is 0 Å². The summed E-state index contributed by atoms with van der Waals surface area (Å²) in [6.45, 7) is 15.4. The Balaban J connectivity index is 0.534. The number of esters is 2. The Morgan fingerprint density at radius 2 is 0.721 bits per heavy atom. The molecule has 0 aromatic heterocycles. The van der Waals surface area contributed by atoms with Gasteiger partial charge in [-0.2, -0.15) is 0 Å². The third-order valence-corrected chi connectivity index (χ3v) is 30.2. The third kappa shape index (κ3) is 12.8. The summed E-state index contributed by atoms with van der Waals surface area (Å²) >= 11 is 0. The molecule has 0 unspecified atom stereocenters. The quantitative estimate of drug-likeness (QED) is 0.0293. The Kier molecular flexibility index (Phi) is 20.8. The Labute approximate surface area is 619 Å². The number of carbonyl (C=O) groups is 2. The predicted octanol–water partition coefficient (Wildman–Crippen LogP) is 18.8. The maximum absolute atomic E-state index is 14.2. The van der Waals surface area contributed by atoms with Gasteiger partial charge < -0.3 is 39.4 Å². The average molecular weight is 1400 g/mol. The van der Waals surface area contributed by atoms with Crippen LogP contribution in [-0.2, 0) is 30.1 Å². The van der Waals surface area contributed by atoms with E-state index in [1.54, 1.807) is 24.3 Å². The summed E-state index contributed by atoms with van der Waals surface area (Å²) in [5.74, 6) is 1.67. The largest absolute Gasteiger partial charge is 0.459 e. The lowest BCUT2D eigenvalue weighted by Crippen LogP contribution is -2.62. The van der Waals surface area contributed by atoms with Crippen LogP contribution in [0.5, 0.6) is 0 Å². The molecule has 104 heavy (non-hydrogen) atoms. The van der Waals surface area contributed by atoms with Crippen LogP contribution in [0.4, 0.5) is 0 Å². The highest BCUT2D eigenvalue weighted by atomic mass is 16.5. The van der Waals surface area contributed by atoms with E-state index in [1.807, 2.05) is 0 Å². The van der Waals surface area contributed by atoms with Crippen LogP contribution >= 0.6 is 0 Å². The normalized spacial score (nSPS) is 34.9. The first-order chi connectivity index (χ1) is 50.3. The Morgan fingerprint density at radius 1 is 0.404 bits per heavy atom. The molecule has 10 nitrogen and oxygen atoms in total. The number of ether oxygens (including phenoxy) is 4. The van der Waals surface area contributed by atoms with Crippen LogP contribution in [0, 0.1) is 92.7 Å². The zero-order valence-corrected chi connectivity index (χ0v) is 62.4. The Hall–Kier alpha value is -6.76. The molecule has 8 aliphatic carbocycles. The zero-order valence-electron chi connectivity index (χ0n) is 62.4. The minimum absolute atomic E-state index is 0.103. The van der Waals surface area contributed by atoms with Crippen molar-refractivity contribution in [2.24, 2.45) is 92.7 Å². The standard InChI is InChI=1S/C94H114O10/c1-61(28-26-52-101-93(65-32-13-7-14-33-65,66-34-15-8-16-35-66)67-36-17-9-18-37-67)75-44-46-77-85-79(59-83(97)91(75,77)5)89(3)50-48-73(55-71(89)57-81(85)95)103-87(99)63-30-25-31-64(54-63)88(100)104-74-49-51-90(4)72(56-74)58-82(96)86-78-47-45-76(92(78,6)84(98)60-80(86)90)62(2)29-27-53-102-94(68-38-19-10-20-39-68,69-40-21-11-22-41-69)70-42-23-12-24-43-70/h7-25,30-43,54,61-62,71-86,95-98H,26-29,44-53,55-60H2,1-6H3/t61-,62-,71-,72-,73-,74-,75-,76-,77+,78+,79+,80+,81-,82-,83+,84+,85+,86+,89+,90+,91-,92-/m1/s1. The molecule has 0 aliphatic heterocycles. The van der Waals surface area contributed by atoms with E-state index >= 15 is 0 Å². The summed E-state index contributed by atoms with van der Waals surface area (Å²) in [4.78, 5) is 28.4. The Morgan fingerprint density at radius 3 is 1.04 bits per heavy atom. The van der Waals surface area contributed by atoms with Crippen molar-refractivity contribution < 1.29 is 49.0 Å². The molecule has 7 aromatic rings. The van der Waals surface area contributed by atoms with Gasteiger partial charge in [0.2, 0.25) is 0 Å². The molecule has 7 aromatic carbocycles. The highest BCUT2D eigenvalue weighted by Gasteiger charge is 2.68. The molecule has 22 atom stereocenters. The molecular weight excluding hydrogens is 1290 g/mol. The molecule has 0 amide bonds. The summed E-state index contributed by atoms with van der Waals surface area (Å²) in [6, 6.07) is 70.3. The second-order valence-corrected chi connectivity index (χ2v) is 34.9. The maximum Gasteiger partial charge on any atom is 0.338 e. The van der Waals surface area contributed by atoms with E-state index in [2.05, 4.69) is 224 Å². The zero-order chi connectivity index (χ0) is 72.2. The van der Waals surface area contributed by atoms with E-state index in [-0.39, 0.29) is 81.2 Å². The van der Waals surface area contributed by atoms with E-state index in [0.29, 0.717) is 99.4 Å². The maximum atomic E-state index is 14.2. The van der Waals surface area contributed by atoms with Gasteiger partial charge in [-0.25, -0.2) is 9.59 Å². The molecule has 10 heteroatoms. The number of aliphatic hydroxyl groups is 4. The second kappa shape index (κ2) is 29.8. The topological polar surface area (TPSA) is 152 Å². The Bertz CT molecular complexity index is 3570. The molecule has 0 bridgehead atoms. The SMILES string of the molecule is C[C@H](CCCOC(c1ccccc1)(c1ccccc1)c1ccccc1)[C@H]1CC[C@H]2[C@@H]3[C@H](O)C[C@H]4C[C@H](OC(=O)c5cccc(C(=O)O[C@@H]6CC[C@@]7(C)[C@H](C6)C[C@@H](O)[C@@H]6[C@@H]7C[C@H](O)[C@]7(C)[C@@H]([C@H](C)CCCOC(c8ccccc8)(c8ccccc8)c8ccccc8)CC[C@@H]67)c5)CC[C@]4(C)[C@H]3C[C@H](O)[C@]12C. The molecule has 8 saturated carbocycles. The van der Waals surface area contributed by atoms with Crippen molar-refractivity contribution in [2.45, 2.75) is 205 Å². The summed E-state index contributed by atoms with van der Waals surface area (Å²) < 4.78 is 27.2. The van der Waals surface area contributed by atoms with Crippen molar-refractivity contribution in [1.29, 1.82) is 0 Å². The fourth-order valence-corrected chi connectivity index (χ4v) is 24.9. The third-order valence-electron chi connectivity index (χ3n) is 30.2. The van der Waals surface area contributed by atoms with E-state index in [9.17, 15) is 30.0 Å². The average Bonchev–Trinajstić information content (AvgIpc) is 1.40. The fraction of sp³-hybridized carbons (Fsp3) is 0.532. The summed E-state index contributed by atoms with van der Waals surface area (Å²) in [7, 11) is 0. The van der Waals surface area contributed by atoms with E-state index < -0.39 is 47.6 Å². The van der Waals surface area contributed by atoms with Crippen LogP contribution in [0.3, 0.4) is 0 Å². The van der Waals surface area contributed by atoms with Gasteiger partial charge in [0, 0.05) is 13.2 Å². The molecule has 0 heterocycles. The van der Waals surface area contributed by atoms with Crippen LogP contribution in [-0.4, -0.2) is 82.2 Å². The number of hydrogen-bond acceptors (Lipinski definition) is 10. The van der Waals surface area contributed by atoms with Gasteiger partial charge in [-0.1, -0.05) is 230 Å². The first kappa shape index (κ1) is 72.8. The molecule has 4 N–H and O–H groups in total. The van der Waals surface area contributed by atoms with Gasteiger partial charge in [-0.3, -0.25) is 0 Å². The number of aliphatic hydroxyl groups excluding tert-OH is 4. The lowest BCUT2D eigenvalue weighted by atomic mass is 9.43. The molecular formula is C94H114O10. The van der Waals surface area contributed by atoms with Crippen molar-refractivity contribution in [2.75, 3.05) is 13.2 Å². The van der Waals surface area contributed by atoms with Gasteiger partial charge in [0.15, 0.2) is 0 Å². The minimum Gasteiger partial charge on any atom is -0.459 e. The van der Waals surface area contributed by atoms with Gasteiger partial charge in [0.05, 0.1) is 35.5 Å². The number of rotatable bonds is 22. The van der Waals surface area contributed by atoms with Crippen molar-refractivity contribution in [3.63, 3.8) is 0 Å². The number of fused-ring (bicyclic) bond motifs is 10. The van der Waals surface area contributed by atoms with E-state index in [0.717, 1.165) is 97.6 Å². The predicted molar refractivity (Wildman–Crippen MR) is 408 cm³/mol. The summed E-state index contributed by atoms with van der Waals surface area (Å²) in [6.07, 6.45) is 12.3.